The van der Waals surface area contributed by atoms with Crippen molar-refractivity contribution in [2.45, 2.75) is 45.1 Å². The van der Waals surface area contributed by atoms with Crippen LogP contribution in [-0.4, -0.2) is 26.4 Å². The maximum Gasteiger partial charge on any atom is 0.341 e. The van der Waals surface area contributed by atoms with E-state index in [4.69, 9.17) is 9.84 Å². The molecule has 0 radical (unpaired) electrons. The third-order valence-electron chi connectivity index (χ3n) is 6.21. The van der Waals surface area contributed by atoms with Gasteiger partial charge in [-0.15, -0.1) is 0 Å². The van der Waals surface area contributed by atoms with Gasteiger partial charge in [-0.25, -0.2) is 4.79 Å². The number of hydrogen-bond acceptors (Lipinski definition) is 4. The average Bonchev–Trinajstić information content (AvgIpc) is 2.83. The zero-order valence-electron chi connectivity index (χ0n) is 19.3. The molecule has 0 aromatic heterocycles. The van der Waals surface area contributed by atoms with Crippen molar-refractivity contribution in [2.24, 2.45) is 0 Å². The summed E-state index contributed by atoms with van der Waals surface area (Å²) in [7, 11) is 0. The van der Waals surface area contributed by atoms with Crippen molar-refractivity contribution in [3.63, 3.8) is 0 Å². The highest BCUT2D eigenvalue weighted by molar-refractivity contribution is 7.80. The van der Waals surface area contributed by atoms with Gasteiger partial charge in [0.1, 0.15) is 5.75 Å². The Bertz CT molecular complexity index is 1210. The molecular formula is C27H28NO5S-. The highest BCUT2D eigenvalue weighted by Gasteiger charge is 2.29. The summed E-state index contributed by atoms with van der Waals surface area (Å²) in [4.78, 5) is 11.0. The van der Waals surface area contributed by atoms with Gasteiger partial charge < -0.3 is 14.4 Å². The number of anilines is 1. The molecule has 3 aromatic carbocycles. The molecule has 2 atom stereocenters. The van der Waals surface area contributed by atoms with Gasteiger partial charge in [-0.1, -0.05) is 62.4 Å². The van der Waals surface area contributed by atoms with Gasteiger partial charge in [-0.05, 0) is 71.2 Å². The predicted octanol–water partition coefficient (Wildman–Crippen LogP) is 5.62. The van der Waals surface area contributed by atoms with Crippen LogP contribution in [0, 0.1) is 0 Å². The van der Waals surface area contributed by atoms with Crippen molar-refractivity contribution in [1.82, 2.24) is 0 Å². The number of ether oxygens (including phenoxy) is 1. The second-order valence-electron chi connectivity index (χ2n) is 8.79. The molecule has 0 heterocycles. The minimum atomic E-state index is -2.50. The number of fused-ring (bicyclic) bond motifs is 1. The summed E-state index contributed by atoms with van der Waals surface area (Å²) in [6, 6.07) is 20.9. The maximum absolute atomic E-state index is 12.5. The van der Waals surface area contributed by atoms with Gasteiger partial charge in [0.05, 0.1) is 6.04 Å². The molecule has 0 aliphatic heterocycles. The smallest absolute Gasteiger partial charge is 0.341 e. The Morgan fingerprint density at radius 3 is 2.53 bits per heavy atom. The summed E-state index contributed by atoms with van der Waals surface area (Å²) in [6.07, 6.45) is 2.15. The van der Waals surface area contributed by atoms with Crippen LogP contribution in [0.2, 0.25) is 0 Å². The normalized spacial score (nSPS) is 16.1. The van der Waals surface area contributed by atoms with Crippen LogP contribution in [0.3, 0.4) is 0 Å². The lowest BCUT2D eigenvalue weighted by molar-refractivity contribution is -0.139. The van der Waals surface area contributed by atoms with E-state index in [-0.39, 0.29) is 0 Å². The summed E-state index contributed by atoms with van der Waals surface area (Å²) in [6.45, 7) is 3.86. The fourth-order valence-electron chi connectivity index (χ4n) is 4.58. The molecule has 0 spiro atoms. The first kappa shape index (κ1) is 24.0. The quantitative estimate of drug-likeness (QED) is 0.425. The van der Waals surface area contributed by atoms with Gasteiger partial charge >= 0.3 is 5.97 Å². The minimum Gasteiger partial charge on any atom is -0.755 e. The first-order chi connectivity index (χ1) is 16.3. The molecular weight excluding hydrogens is 450 g/mol. The van der Waals surface area contributed by atoms with Gasteiger partial charge in [-0.2, -0.15) is 0 Å². The molecule has 1 N–H and O–H groups in total. The topological polar surface area (TPSA) is 89.9 Å². The summed E-state index contributed by atoms with van der Waals surface area (Å²) in [5, 5.41) is 8.99. The van der Waals surface area contributed by atoms with E-state index in [0.29, 0.717) is 30.2 Å². The molecule has 0 fully saturated rings. The van der Waals surface area contributed by atoms with Gasteiger partial charge in [0.15, 0.2) is 6.61 Å². The molecule has 6 nitrogen and oxygen atoms in total. The van der Waals surface area contributed by atoms with Crippen molar-refractivity contribution < 1.29 is 23.4 Å². The predicted molar refractivity (Wildman–Crippen MR) is 133 cm³/mol. The molecule has 1 aliphatic carbocycles. The largest absolute Gasteiger partial charge is 0.755 e. The molecule has 4 rings (SSSR count). The van der Waals surface area contributed by atoms with Crippen molar-refractivity contribution in [3.05, 3.63) is 83.4 Å². The van der Waals surface area contributed by atoms with Gasteiger partial charge in [-0.3, -0.25) is 8.51 Å². The first-order valence-corrected chi connectivity index (χ1v) is 12.4. The molecule has 34 heavy (non-hydrogen) atoms. The van der Waals surface area contributed by atoms with Gasteiger partial charge in [0, 0.05) is 17.0 Å². The molecule has 0 saturated heterocycles. The summed E-state index contributed by atoms with van der Waals surface area (Å²) in [5.41, 5.74) is 5.53. The van der Waals surface area contributed by atoms with Crippen LogP contribution in [0.15, 0.2) is 66.7 Å². The standard InChI is InChI=1S/C27H29NO5S/c1-18(2)19-7-3-8-20(15-19)21-9-4-10-22(16-21)28(34(31)32)25-13-5-12-24-23(25)11-6-14-26(24)33-17-27(29)30/h3-4,6-11,14-16,18,25H,5,12-13,17H2,1-2H3,(H,29,30)(H,31,32)/p-1. The number of hydrogen-bond donors (Lipinski definition) is 1. The number of carboxylic acids is 1. The van der Waals surface area contributed by atoms with Crippen LogP contribution < -0.4 is 9.04 Å². The SMILES string of the molecule is CC(C)c1cccc(-c2cccc(N(C3CCCc4c(OCC(=O)O)cccc43)S(=O)[O-])c2)c1. The van der Waals surface area contributed by atoms with E-state index in [9.17, 15) is 13.6 Å². The second kappa shape index (κ2) is 10.4. The Kier molecular flexibility index (Phi) is 7.34. The van der Waals surface area contributed by atoms with E-state index in [1.807, 2.05) is 42.5 Å². The molecule has 3 aromatic rings. The second-order valence-corrected chi connectivity index (χ2v) is 9.62. The van der Waals surface area contributed by atoms with E-state index in [1.165, 1.54) is 9.87 Å². The zero-order valence-corrected chi connectivity index (χ0v) is 20.1. The number of benzene rings is 3. The number of rotatable bonds is 8. The van der Waals surface area contributed by atoms with E-state index >= 15 is 0 Å². The fraction of sp³-hybridized carbons (Fsp3) is 0.296. The number of aliphatic carboxylic acids is 1. The minimum absolute atomic E-state index is 0.394. The lowest BCUT2D eigenvalue weighted by atomic mass is 9.86. The summed E-state index contributed by atoms with van der Waals surface area (Å²) >= 11 is -2.50. The Balaban J connectivity index is 1.72. The number of carbonyl (C=O) groups is 1. The van der Waals surface area contributed by atoms with Crippen LogP contribution >= 0.6 is 0 Å². The monoisotopic (exact) mass is 478 g/mol. The van der Waals surface area contributed by atoms with Crippen LogP contribution in [-0.2, 0) is 22.5 Å². The van der Waals surface area contributed by atoms with Crippen LogP contribution in [0.4, 0.5) is 5.69 Å². The molecule has 7 heteroatoms. The van der Waals surface area contributed by atoms with Crippen molar-refractivity contribution in [3.8, 4) is 16.9 Å². The average molecular weight is 479 g/mol. The van der Waals surface area contributed by atoms with Crippen molar-refractivity contribution >= 4 is 22.9 Å². The summed E-state index contributed by atoms with van der Waals surface area (Å²) < 4.78 is 32.0. The maximum atomic E-state index is 12.5. The van der Waals surface area contributed by atoms with Crippen LogP contribution in [0.1, 0.15) is 55.3 Å². The third-order valence-corrected chi connectivity index (χ3v) is 7.00. The lowest BCUT2D eigenvalue weighted by Gasteiger charge is -2.38. The highest BCUT2D eigenvalue weighted by atomic mass is 32.2. The molecule has 0 amide bonds. The first-order valence-electron chi connectivity index (χ1n) is 11.4. The van der Waals surface area contributed by atoms with Gasteiger partial charge in [0.2, 0.25) is 0 Å². The molecule has 0 bridgehead atoms. The third kappa shape index (κ3) is 5.16. The van der Waals surface area contributed by atoms with E-state index < -0.39 is 29.9 Å². The Labute approximate surface area is 202 Å². The van der Waals surface area contributed by atoms with Crippen LogP contribution in [0.25, 0.3) is 11.1 Å². The molecule has 1 aliphatic rings. The van der Waals surface area contributed by atoms with Gasteiger partial charge in [0.25, 0.3) is 0 Å². The van der Waals surface area contributed by atoms with E-state index in [0.717, 1.165) is 28.7 Å². The number of carboxylic acid groups (broad SMARTS) is 1. The fourth-order valence-corrected chi connectivity index (χ4v) is 5.29. The lowest BCUT2D eigenvalue weighted by Crippen LogP contribution is -2.33. The van der Waals surface area contributed by atoms with E-state index in [1.54, 1.807) is 12.1 Å². The number of nitrogens with zero attached hydrogens (tertiary/aromatic N) is 1. The Morgan fingerprint density at radius 2 is 1.82 bits per heavy atom. The zero-order chi connectivity index (χ0) is 24.2. The summed E-state index contributed by atoms with van der Waals surface area (Å²) in [5.74, 6) is -0.156. The Hall–Kier alpha value is -3.16. The molecule has 0 saturated carbocycles. The van der Waals surface area contributed by atoms with Crippen molar-refractivity contribution in [1.29, 1.82) is 0 Å². The van der Waals surface area contributed by atoms with E-state index in [2.05, 4.69) is 26.0 Å². The molecule has 2 unspecified atom stereocenters. The Morgan fingerprint density at radius 1 is 1.12 bits per heavy atom. The van der Waals surface area contributed by atoms with Crippen molar-refractivity contribution in [2.75, 3.05) is 10.9 Å². The highest BCUT2D eigenvalue weighted by Crippen LogP contribution is 2.41. The molecule has 178 valence electrons. The van der Waals surface area contributed by atoms with Crippen LogP contribution in [0.5, 0.6) is 5.75 Å².